The van der Waals surface area contributed by atoms with Crippen molar-refractivity contribution in [1.29, 1.82) is 0 Å². The Morgan fingerprint density at radius 1 is 0.594 bits per heavy atom. The standard InChI is InChI=1S/C86H113NO14/c1-11-13-15-17-19-21-23-25-27-29-31-33-35-37-39-41-43-45-53-59-71(88)98-69-61-70-85(94,63-96-70)76-78(100-80(92)67-57-51-48-52-58-67)86(95)62-68(97-79(91)65(4)74(66-55-49-47-50-56-66)87-81(93)101-82(5,6)7)64(3)73(83(86,8)9)75(77(90)84(69,76)10)99-72(89)60-54-46-44-42-40-38-36-34-32-30-28-26-24-22-20-18-16-14-12-2/h13-16,19-22,25-28,31-34,37-40,43-52,55-58,65,68-70,74-76,78,94-95H,11-12,17-18,23-24,29-30,35-36,41-42,53-54,59-63H2,1-10H3,(H,87,93)/b15-13-,16-14-,21-19-,22-20-,27-25-,28-26-,33-31-,34-32-,39-37-,40-38-,45-43-,46-44-. The molecule has 101 heavy (non-hydrogen) atoms. The van der Waals surface area contributed by atoms with E-state index in [1.807, 2.05) is 36.5 Å². The van der Waals surface area contributed by atoms with E-state index < -0.39 is 118 Å². The van der Waals surface area contributed by atoms with Crippen molar-refractivity contribution in [2.75, 3.05) is 6.61 Å². The average Bonchev–Trinajstić information content (AvgIpc) is 0.671. The molecule has 15 heteroatoms. The molecule has 1 saturated heterocycles. The van der Waals surface area contributed by atoms with Crippen LogP contribution in [0.3, 0.4) is 0 Å². The summed E-state index contributed by atoms with van der Waals surface area (Å²) in [6.07, 6.45) is 51.9. The van der Waals surface area contributed by atoms with E-state index >= 15 is 9.59 Å². The minimum absolute atomic E-state index is 0.0672. The van der Waals surface area contributed by atoms with Crippen molar-refractivity contribution >= 4 is 35.8 Å². The number of alkyl carbamates (subject to hydrolysis) is 1. The second-order valence-electron chi connectivity index (χ2n) is 28.2. The molecule has 2 saturated carbocycles. The minimum Gasteiger partial charge on any atom is -0.461 e. The molecule has 2 aromatic carbocycles. The van der Waals surface area contributed by atoms with E-state index in [4.69, 9.17) is 28.4 Å². The summed E-state index contributed by atoms with van der Waals surface area (Å²) in [5, 5.41) is 30.5. The van der Waals surface area contributed by atoms with E-state index in [0.29, 0.717) is 24.8 Å². The molecular weight excluding hydrogens is 1270 g/mol. The topological polar surface area (TPSA) is 210 Å². The molecule has 1 amide bonds. The Morgan fingerprint density at radius 3 is 1.45 bits per heavy atom. The summed E-state index contributed by atoms with van der Waals surface area (Å²) in [4.78, 5) is 89.1. The van der Waals surface area contributed by atoms with Gasteiger partial charge in [0.1, 0.15) is 35.1 Å². The number of rotatable bonds is 37. The number of nitrogens with one attached hydrogen (secondary N) is 1. The number of benzene rings is 2. The molecule has 0 radical (unpaired) electrons. The summed E-state index contributed by atoms with van der Waals surface area (Å²) in [6, 6.07) is 15.9. The molecule has 1 heterocycles. The first-order valence-corrected chi connectivity index (χ1v) is 36.5. The molecule has 3 N–H and O–H groups in total. The first-order valence-electron chi connectivity index (χ1n) is 36.5. The Hall–Kier alpha value is -8.24. The van der Waals surface area contributed by atoms with Crippen LogP contribution in [0.15, 0.2) is 218 Å². The van der Waals surface area contributed by atoms with Crippen LogP contribution < -0.4 is 5.32 Å². The van der Waals surface area contributed by atoms with Crippen molar-refractivity contribution in [3.63, 3.8) is 0 Å². The number of carbonyl (C=O) groups excluding carboxylic acids is 6. The number of hydrogen-bond donors (Lipinski definition) is 3. The molecule has 15 nitrogen and oxygen atoms in total. The van der Waals surface area contributed by atoms with Crippen molar-refractivity contribution in [2.24, 2.45) is 22.7 Å². The van der Waals surface area contributed by atoms with Crippen LogP contribution in [0.25, 0.3) is 0 Å². The summed E-state index contributed by atoms with van der Waals surface area (Å²) in [5.74, 6) is -6.70. The molecule has 0 spiro atoms. The summed E-state index contributed by atoms with van der Waals surface area (Å²) in [7, 11) is 0. The van der Waals surface area contributed by atoms with Crippen molar-refractivity contribution in [1.82, 2.24) is 5.32 Å². The van der Waals surface area contributed by atoms with Crippen LogP contribution in [0.5, 0.6) is 0 Å². The molecule has 3 aliphatic carbocycles. The van der Waals surface area contributed by atoms with Crippen molar-refractivity contribution in [2.45, 2.75) is 238 Å². The molecule has 3 fully saturated rings. The Balaban J connectivity index is 1.30. The van der Waals surface area contributed by atoms with Gasteiger partial charge in [0.05, 0.1) is 35.6 Å². The van der Waals surface area contributed by atoms with Gasteiger partial charge in [0.25, 0.3) is 0 Å². The lowest BCUT2D eigenvalue weighted by Crippen LogP contribution is -2.81. The van der Waals surface area contributed by atoms with Gasteiger partial charge in [0.2, 0.25) is 0 Å². The van der Waals surface area contributed by atoms with Crippen LogP contribution in [0, 0.1) is 22.7 Å². The van der Waals surface area contributed by atoms with Crippen LogP contribution in [-0.2, 0) is 47.6 Å². The molecule has 11 unspecified atom stereocenters. The van der Waals surface area contributed by atoms with Gasteiger partial charge in [-0.3, -0.25) is 19.2 Å². The van der Waals surface area contributed by atoms with E-state index in [2.05, 4.69) is 129 Å². The number of allylic oxidation sites excluding steroid dienone is 24. The zero-order valence-corrected chi connectivity index (χ0v) is 61.5. The van der Waals surface area contributed by atoms with Crippen LogP contribution >= 0.6 is 0 Å². The van der Waals surface area contributed by atoms with Gasteiger partial charge in [-0.25, -0.2) is 9.59 Å². The van der Waals surface area contributed by atoms with Gasteiger partial charge in [-0.1, -0.05) is 222 Å². The Kier molecular flexibility index (Phi) is 33.2. The number of ether oxygens (including phenoxy) is 6. The van der Waals surface area contributed by atoms with Gasteiger partial charge in [-0.15, -0.1) is 0 Å². The zero-order chi connectivity index (χ0) is 73.3. The lowest BCUT2D eigenvalue weighted by molar-refractivity contribution is -0.344. The van der Waals surface area contributed by atoms with Crippen molar-refractivity contribution in [3.8, 4) is 0 Å². The molecule has 0 aromatic heterocycles. The number of aliphatic hydroxyl groups is 2. The highest BCUT2D eigenvalue weighted by Crippen LogP contribution is 2.64. The van der Waals surface area contributed by atoms with Crippen LogP contribution in [0.4, 0.5) is 4.79 Å². The monoisotopic (exact) mass is 1380 g/mol. The highest BCUT2D eigenvalue weighted by molar-refractivity contribution is 5.96. The van der Waals surface area contributed by atoms with Crippen LogP contribution in [0.1, 0.15) is 207 Å². The van der Waals surface area contributed by atoms with Gasteiger partial charge < -0.3 is 44.0 Å². The molecule has 4 aliphatic rings. The van der Waals surface area contributed by atoms with E-state index in [9.17, 15) is 29.4 Å². The summed E-state index contributed by atoms with van der Waals surface area (Å²) in [6.45, 7) is 17.1. The summed E-state index contributed by atoms with van der Waals surface area (Å²) >= 11 is 0. The first kappa shape index (κ1) is 81.7. The highest BCUT2D eigenvalue weighted by atomic mass is 16.6. The molecule has 2 bridgehead atoms. The van der Waals surface area contributed by atoms with Gasteiger partial charge in [-0.2, -0.15) is 0 Å². The number of amides is 1. The number of Topliss-reactive ketones (excluding diaryl/α,β-unsaturated/α-hetero) is 1. The number of esters is 4. The lowest BCUT2D eigenvalue weighted by Gasteiger charge is -2.67. The molecule has 546 valence electrons. The molecule has 1 aliphatic heterocycles. The summed E-state index contributed by atoms with van der Waals surface area (Å²) < 4.78 is 37.9. The fourth-order valence-corrected chi connectivity index (χ4v) is 13.7. The molecule has 2 aromatic rings. The maximum Gasteiger partial charge on any atom is 0.408 e. The Morgan fingerprint density at radius 2 is 1.02 bits per heavy atom. The Labute approximate surface area is 601 Å². The number of fused-ring (bicyclic) bond motifs is 5. The fraction of sp³-hybridized carbons (Fsp3) is 0.488. The third-order valence-electron chi connectivity index (χ3n) is 19.3. The third kappa shape index (κ3) is 23.7. The zero-order valence-electron chi connectivity index (χ0n) is 61.5. The van der Waals surface area contributed by atoms with E-state index in [1.165, 1.54) is 19.1 Å². The van der Waals surface area contributed by atoms with Gasteiger partial charge in [-0.05, 0) is 160 Å². The maximum absolute atomic E-state index is 16.7. The number of ketones is 1. The third-order valence-corrected chi connectivity index (χ3v) is 19.3. The fourth-order valence-electron chi connectivity index (χ4n) is 13.7. The predicted octanol–water partition coefficient (Wildman–Crippen LogP) is 18.0. The molecular formula is C86H113NO14. The summed E-state index contributed by atoms with van der Waals surface area (Å²) in [5.41, 5.74) is -8.10. The second-order valence-corrected chi connectivity index (χ2v) is 28.2. The second kappa shape index (κ2) is 41.0. The van der Waals surface area contributed by atoms with Gasteiger partial charge >= 0.3 is 30.0 Å². The highest BCUT2D eigenvalue weighted by Gasteiger charge is 2.77. The van der Waals surface area contributed by atoms with Gasteiger partial charge in [0.15, 0.2) is 11.9 Å². The van der Waals surface area contributed by atoms with Crippen LogP contribution in [0.2, 0.25) is 0 Å². The molecule has 11 atom stereocenters. The first-order chi connectivity index (χ1) is 48.4. The SMILES string of the molecule is CC/C=C\C/C=C\C/C=C\C/C=C\C/C=C\C/C=C\CCC(=O)OC1C(=O)C2(C)C(OC(=O)CC/C=C\C/C=C\C/C=C\C/C=C\C/C=C\C/C=C\CC)CC3OCC3(O)C2C(OC(=O)c2ccccc2)C2(O)CC(OC(=O)C(C)C(NC(=O)OC(C)(C)C)c3ccccc3)C(C)=C1C2(C)C. The van der Waals surface area contributed by atoms with E-state index in [1.54, 1.807) is 97.0 Å². The lowest BCUT2D eigenvalue weighted by atomic mass is 9.44. The van der Waals surface area contributed by atoms with Crippen LogP contribution in [-0.4, -0.2) is 99.9 Å². The predicted molar refractivity (Wildman–Crippen MR) is 400 cm³/mol. The minimum atomic E-state index is -2.39. The normalized spacial score (nSPS) is 25.3. The van der Waals surface area contributed by atoms with Crippen molar-refractivity contribution in [3.05, 3.63) is 229 Å². The molecule has 6 rings (SSSR count). The van der Waals surface area contributed by atoms with Crippen molar-refractivity contribution < 1.29 is 67.4 Å². The largest absolute Gasteiger partial charge is 0.461 e. The average molecular weight is 1380 g/mol. The maximum atomic E-state index is 16.7. The Bertz CT molecular complexity index is 3420. The van der Waals surface area contributed by atoms with E-state index in [0.717, 1.165) is 64.2 Å². The quantitative estimate of drug-likeness (QED) is 0.0327. The number of carbonyl (C=O) groups is 6. The number of hydrogen-bond acceptors (Lipinski definition) is 14. The van der Waals surface area contributed by atoms with Gasteiger partial charge in [0, 0.05) is 37.0 Å². The van der Waals surface area contributed by atoms with E-state index in [-0.39, 0.29) is 49.0 Å². The smallest absolute Gasteiger partial charge is 0.408 e.